The third-order valence-corrected chi connectivity index (χ3v) is 9.50. The van der Waals surface area contributed by atoms with Gasteiger partial charge in [0.2, 0.25) is 0 Å². The van der Waals surface area contributed by atoms with Crippen molar-refractivity contribution in [3.05, 3.63) is 72.9 Å². The minimum atomic E-state index is -4.68. The summed E-state index contributed by atoms with van der Waals surface area (Å²) in [7, 11) is -4.68. The summed E-state index contributed by atoms with van der Waals surface area (Å²) >= 11 is 0. The van der Waals surface area contributed by atoms with Gasteiger partial charge in [-0.25, -0.2) is 4.57 Å². The van der Waals surface area contributed by atoms with Crippen LogP contribution in [-0.4, -0.2) is 88.1 Å². The number of unbranched alkanes of at least 4 members (excludes halogenated alkanes) is 12. The Labute approximate surface area is 343 Å². The van der Waals surface area contributed by atoms with Gasteiger partial charge in [-0.3, -0.25) is 18.6 Å². The van der Waals surface area contributed by atoms with Crippen molar-refractivity contribution in [1.82, 2.24) is 0 Å². The Morgan fingerprint density at radius 3 is 1.81 bits per heavy atom. The molecule has 0 aliphatic heterocycles. The second-order valence-corrected chi connectivity index (χ2v) is 15.5. The molecule has 5 N–H and O–H groups in total. The van der Waals surface area contributed by atoms with Gasteiger partial charge in [-0.15, -0.1) is 0 Å². The number of hydrogen-bond donors (Lipinski definition) is 5. The summed E-state index contributed by atoms with van der Waals surface area (Å²) in [6.45, 7) is 1.98. The van der Waals surface area contributed by atoms with Crippen LogP contribution < -0.4 is 0 Å². The molecule has 57 heavy (non-hydrogen) atoms. The monoisotopic (exact) mass is 826 g/mol. The number of phosphoric acid groups is 1. The highest BCUT2D eigenvalue weighted by Gasteiger charge is 2.27. The molecule has 0 aromatic carbocycles. The van der Waals surface area contributed by atoms with E-state index in [4.69, 9.17) is 19.1 Å². The van der Waals surface area contributed by atoms with Crippen LogP contribution in [0.3, 0.4) is 0 Å². The van der Waals surface area contributed by atoms with Gasteiger partial charge in [-0.05, 0) is 64.2 Å². The van der Waals surface area contributed by atoms with Crippen LogP contribution >= 0.6 is 7.82 Å². The average Bonchev–Trinajstić information content (AvgIpc) is 3.19. The molecule has 0 aliphatic rings. The lowest BCUT2D eigenvalue weighted by atomic mass is 10.1. The number of carbonyl (C=O) groups excluding carboxylic acids is 2. The summed E-state index contributed by atoms with van der Waals surface area (Å²) in [5.41, 5.74) is 0. The maximum absolute atomic E-state index is 12.6. The second-order valence-electron chi connectivity index (χ2n) is 14.1. The predicted octanol–water partition coefficient (Wildman–Crippen LogP) is 8.83. The number of aliphatic hydroxyl groups excluding tert-OH is 4. The molecule has 0 bridgehead atoms. The second kappa shape index (κ2) is 38.8. The number of ether oxygens (including phenoxy) is 2. The summed E-state index contributed by atoms with van der Waals surface area (Å²) in [4.78, 5) is 35.0. The molecule has 0 rings (SSSR count). The zero-order chi connectivity index (χ0) is 42.2. The normalized spacial score (nSPS) is 15.7. The van der Waals surface area contributed by atoms with Crippen molar-refractivity contribution in [3.63, 3.8) is 0 Å². The van der Waals surface area contributed by atoms with E-state index in [1.54, 1.807) is 36.5 Å². The fourth-order valence-electron chi connectivity index (χ4n) is 5.18. The lowest BCUT2D eigenvalue weighted by Crippen LogP contribution is -2.30. The van der Waals surface area contributed by atoms with Crippen molar-refractivity contribution in [2.75, 3.05) is 26.4 Å². The fourth-order valence-corrected chi connectivity index (χ4v) is 5.97. The summed E-state index contributed by atoms with van der Waals surface area (Å²) in [6, 6.07) is 0. The molecule has 0 fully saturated rings. The molecule has 13 heteroatoms. The molecule has 0 spiro atoms. The van der Waals surface area contributed by atoms with Crippen molar-refractivity contribution < 1.29 is 58.0 Å². The van der Waals surface area contributed by atoms with E-state index in [2.05, 4.69) is 48.8 Å². The molecule has 5 atom stereocenters. The Balaban J connectivity index is 4.62. The number of hydrogen-bond acceptors (Lipinski definition) is 11. The lowest BCUT2D eigenvalue weighted by Gasteiger charge is -2.20. The van der Waals surface area contributed by atoms with Gasteiger partial charge in [0.1, 0.15) is 12.7 Å². The zero-order valence-corrected chi connectivity index (χ0v) is 35.6. The van der Waals surface area contributed by atoms with Gasteiger partial charge in [0.05, 0.1) is 32.0 Å². The van der Waals surface area contributed by atoms with E-state index in [1.165, 1.54) is 38.5 Å². The van der Waals surface area contributed by atoms with Crippen LogP contribution in [0, 0.1) is 0 Å². The molecule has 0 aromatic heterocycles. The molecule has 1 unspecified atom stereocenters. The van der Waals surface area contributed by atoms with Crippen molar-refractivity contribution in [2.24, 2.45) is 0 Å². The Hall–Kier alpha value is -2.67. The van der Waals surface area contributed by atoms with Crippen molar-refractivity contribution in [3.8, 4) is 0 Å². The molecular weight excluding hydrogens is 751 g/mol. The van der Waals surface area contributed by atoms with Gasteiger partial charge < -0.3 is 34.8 Å². The lowest BCUT2D eigenvalue weighted by molar-refractivity contribution is -0.161. The minimum absolute atomic E-state index is 0.0256. The molecule has 328 valence electrons. The van der Waals surface area contributed by atoms with Gasteiger partial charge in [-0.2, -0.15) is 0 Å². The third kappa shape index (κ3) is 38.6. The number of aliphatic hydroxyl groups is 4. The molecular formula is C44H75O12P. The highest BCUT2D eigenvalue weighted by atomic mass is 31.2. The highest BCUT2D eigenvalue weighted by molar-refractivity contribution is 7.47. The average molecular weight is 827 g/mol. The van der Waals surface area contributed by atoms with Gasteiger partial charge in [0.15, 0.2) is 6.10 Å². The van der Waals surface area contributed by atoms with Crippen molar-refractivity contribution in [2.45, 2.75) is 167 Å². The molecule has 0 amide bonds. The van der Waals surface area contributed by atoms with Gasteiger partial charge >= 0.3 is 19.8 Å². The zero-order valence-electron chi connectivity index (χ0n) is 34.7. The Bertz CT molecular complexity index is 1210. The number of carbonyl (C=O) groups is 2. The summed E-state index contributed by atoms with van der Waals surface area (Å²) in [5.74, 6) is -1.19. The Morgan fingerprint density at radius 2 is 1.14 bits per heavy atom. The van der Waals surface area contributed by atoms with Gasteiger partial charge in [0, 0.05) is 12.8 Å². The maximum Gasteiger partial charge on any atom is 0.472 e. The van der Waals surface area contributed by atoms with Crippen LogP contribution in [0.1, 0.15) is 142 Å². The van der Waals surface area contributed by atoms with E-state index in [0.717, 1.165) is 51.4 Å². The first-order valence-corrected chi connectivity index (χ1v) is 22.6. The van der Waals surface area contributed by atoms with Crippen LogP contribution in [0.15, 0.2) is 72.9 Å². The molecule has 0 aliphatic carbocycles. The van der Waals surface area contributed by atoms with Crippen LogP contribution in [0.5, 0.6) is 0 Å². The maximum atomic E-state index is 12.6. The molecule has 0 saturated carbocycles. The first-order valence-electron chi connectivity index (χ1n) is 21.1. The summed E-state index contributed by atoms with van der Waals surface area (Å²) in [5, 5.41) is 38.6. The number of allylic oxidation sites excluding steroid dienone is 9. The van der Waals surface area contributed by atoms with Crippen LogP contribution in [0.25, 0.3) is 0 Å². The van der Waals surface area contributed by atoms with Gasteiger partial charge in [-0.1, -0.05) is 138 Å². The summed E-state index contributed by atoms with van der Waals surface area (Å²) < 4.78 is 32.5. The quantitative estimate of drug-likeness (QED) is 0.0131. The van der Waals surface area contributed by atoms with Crippen molar-refractivity contribution >= 4 is 19.8 Å². The topological polar surface area (TPSA) is 189 Å². The van der Waals surface area contributed by atoms with E-state index >= 15 is 0 Å². The summed E-state index contributed by atoms with van der Waals surface area (Å²) in [6.07, 6.45) is 36.4. The number of esters is 2. The molecule has 12 nitrogen and oxygen atoms in total. The third-order valence-electron chi connectivity index (χ3n) is 8.55. The molecule has 0 aromatic rings. The first kappa shape index (κ1) is 54.3. The highest BCUT2D eigenvalue weighted by Crippen LogP contribution is 2.43. The van der Waals surface area contributed by atoms with E-state index in [9.17, 15) is 34.4 Å². The molecule has 0 saturated heterocycles. The fraction of sp³-hybridized carbons (Fsp3) is 0.682. The van der Waals surface area contributed by atoms with E-state index < -0.39 is 70.6 Å². The van der Waals surface area contributed by atoms with E-state index in [1.807, 2.05) is 6.08 Å². The van der Waals surface area contributed by atoms with Crippen LogP contribution in [-0.2, 0) is 32.7 Å². The Kier molecular flexibility index (Phi) is 37.0. The number of rotatable bonds is 38. The SMILES string of the molecule is CCCCC/C=C\C[C@@H](O)/C=C/C=C/C=C\[C@@H](O)CCCC(=O)OC[C@H](COP(=O)(O)OC[C@@H](O)CO)OC(=O)CCCCCCC/C=C\C=C/CCCCCC. The van der Waals surface area contributed by atoms with Crippen LogP contribution in [0.4, 0.5) is 0 Å². The molecule has 0 radical (unpaired) electrons. The molecule has 0 heterocycles. The first-order chi connectivity index (χ1) is 27.5. The smallest absolute Gasteiger partial charge is 0.462 e. The predicted molar refractivity (Wildman–Crippen MR) is 226 cm³/mol. The Morgan fingerprint density at radius 1 is 0.596 bits per heavy atom. The number of phosphoric ester groups is 1. The standard InChI is InChI=1S/C44H75O12P/c1-3-5-7-9-11-12-13-14-15-16-17-18-19-21-27-33-44(50)56-42(38-55-57(51,52)54-36-41(48)35-45)37-53-43(49)34-28-32-40(47)31-26-23-22-25-30-39(46)29-24-20-10-8-6-4-2/h12-15,20,22-26,30-31,39-42,45-48H,3-11,16-19,21,27-29,32-38H2,1-2H3,(H,51,52)/b13-12-,15-14-,23-22+,24-20-,30-25+,31-26-/t39-,40-,41+,42-/m1/s1. The largest absolute Gasteiger partial charge is 0.472 e. The minimum Gasteiger partial charge on any atom is -0.462 e. The van der Waals surface area contributed by atoms with Gasteiger partial charge in [0.25, 0.3) is 0 Å². The van der Waals surface area contributed by atoms with Crippen molar-refractivity contribution in [1.29, 1.82) is 0 Å². The van der Waals surface area contributed by atoms with Crippen LogP contribution in [0.2, 0.25) is 0 Å². The van der Waals surface area contributed by atoms with E-state index in [-0.39, 0.29) is 19.3 Å². The van der Waals surface area contributed by atoms with E-state index in [0.29, 0.717) is 19.3 Å².